The van der Waals surface area contributed by atoms with Crippen molar-refractivity contribution in [2.75, 3.05) is 13.2 Å². The highest BCUT2D eigenvalue weighted by Gasteiger charge is 2.08. The zero-order valence-electron chi connectivity index (χ0n) is 11.9. The number of rotatable bonds is 7. The van der Waals surface area contributed by atoms with E-state index in [4.69, 9.17) is 4.74 Å². The van der Waals surface area contributed by atoms with Gasteiger partial charge in [-0.2, -0.15) is 0 Å². The fourth-order valence-corrected chi connectivity index (χ4v) is 3.01. The largest absolute Gasteiger partial charge is 0.492 e. The van der Waals surface area contributed by atoms with Crippen molar-refractivity contribution in [3.8, 4) is 5.75 Å². The third-order valence-electron chi connectivity index (χ3n) is 3.01. The number of hydrogen-bond acceptors (Lipinski definition) is 3. The van der Waals surface area contributed by atoms with Crippen LogP contribution in [0.2, 0.25) is 0 Å². The molecule has 0 aliphatic carbocycles. The molecule has 0 saturated heterocycles. The molecule has 0 fully saturated rings. The average molecular weight is 354 g/mol. The molecule has 2 rings (SSSR count). The highest BCUT2D eigenvalue weighted by Crippen LogP contribution is 2.29. The summed E-state index contributed by atoms with van der Waals surface area (Å²) < 4.78 is 6.99. The minimum absolute atomic E-state index is 0.460. The molecule has 4 heteroatoms. The van der Waals surface area contributed by atoms with Gasteiger partial charge in [-0.1, -0.05) is 35.8 Å². The number of benzene rings is 1. The van der Waals surface area contributed by atoms with Crippen LogP contribution in [0.1, 0.15) is 30.2 Å². The Kier molecular flexibility index (Phi) is 6.07. The zero-order chi connectivity index (χ0) is 14.4. The molecular formula is C16H20BrNOS. The fraction of sp³-hybridized carbons (Fsp3) is 0.375. The predicted octanol–water partition coefficient (Wildman–Crippen LogP) is 4.80. The topological polar surface area (TPSA) is 21.3 Å². The molecule has 1 N–H and O–H groups in total. The van der Waals surface area contributed by atoms with Crippen LogP contribution in [0.4, 0.5) is 0 Å². The lowest BCUT2D eigenvalue weighted by atomic mass is 10.0. The van der Waals surface area contributed by atoms with Gasteiger partial charge in [0.1, 0.15) is 12.4 Å². The molecule has 0 spiro atoms. The standard InChI is InChI=1S/C16H20BrNOS/c1-12(2)15-10-13(17)5-6-16(15)19-8-7-18-11-14-4-3-9-20-14/h3-6,9-10,12,18H,7-8,11H2,1-2H3. The van der Waals surface area contributed by atoms with Crippen LogP contribution in [-0.4, -0.2) is 13.2 Å². The van der Waals surface area contributed by atoms with Crippen LogP contribution in [0.25, 0.3) is 0 Å². The molecule has 2 nitrogen and oxygen atoms in total. The van der Waals surface area contributed by atoms with Crippen molar-refractivity contribution >= 4 is 27.3 Å². The number of hydrogen-bond donors (Lipinski definition) is 1. The maximum atomic E-state index is 5.89. The Bertz CT molecular complexity index is 525. The van der Waals surface area contributed by atoms with Gasteiger partial charge in [-0.25, -0.2) is 0 Å². The lowest BCUT2D eigenvalue weighted by Gasteiger charge is -2.14. The second-order valence-corrected chi connectivity index (χ2v) is 6.89. The summed E-state index contributed by atoms with van der Waals surface area (Å²) in [6.07, 6.45) is 0. The summed E-state index contributed by atoms with van der Waals surface area (Å²) in [6.45, 7) is 6.82. The minimum Gasteiger partial charge on any atom is -0.492 e. The predicted molar refractivity (Wildman–Crippen MR) is 89.8 cm³/mol. The van der Waals surface area contributed by atoms with E-state index in [1.165, 1.54) is 10.4 Å². The molecule has 1 aromatic heterocycles. The molecule has 2 aromatic rings. The summed E-state index contributed by atoms with van der Waals surface area (Å²) in [5.41, 5.74) is 1.25. The lowest BCUT2D eigenvalue weighted by Crippen LogP contribution is -2.20. The van der Waals surface area contributed by atoms with Gasteiger partial charge in [0, 0.05) is 22.4 Å². The van der Waals surface area contributed by atoms with Gasteiger partial charge < -0.3 is 10.1 Å². The van der Waals surface area contributed by atoms with Crippen LogP contribution >= 0.6 is 27.3 Å². The quantitative estimate of drug-likeness (QED) is 0.721. The average Bonchev–Trinajstić information content (AvgIpc) is 2.92. The van der Waals surface area contributed by atoms with Gasteiger partial charge in [-0.3, -0.25) is 0 Å². The monoisotopic (exact) mass is 353 g/mol. The van der Waals surface area contributed by atoms with Gasteiger partial charge in [-0.15, -0.1) is 11.3 Å². The third kappa shape index (κ3) is 4.62. The van der Waals surface area contributed by atoms with E-state index >= 15 is 0 Å². The first-order chi connectivity index (χ1) is 9.66. The first-order valence-corrected chi connectivity index (χ1v) is 8.49. The Morgan fingerprint density at radius 2 is 2.15 bits per heavy atom. The van der Waals surface area contributed by atoms with Crippen molar-refractivity contribution in [3.63, 3.8) is 0 Å². The van der Waals surface area contributed by atoms with Crippen molar-refractivity contribution in [1.29, 1.82) is 0 Å². The van der Waals surface area contributed by atoms with E-state index in [1.54, 1.807) is 11.3 Å². The second-order valence-electron chi connectivity index (χ2n) is 4.94. The van der Waals surface area contributed by atoms with Crippen LogP contribution < -0.4 is 10.1 Å². The van der Waals surface area contributed by atoms with Crippen molar-refractivity contribution in [1.82, 2.24) is 5.32 Å². The minimum atomic E-state index is 0.460. The maximum absolute atomic E-state index is 5.89. The summed E-state index contributed by atoms with van der Waals surface area (Å²) in [6, 6.07) is 10.4. The van der Waals surface area contributed by atoms with Gasteiger partial charge in [0.2, 0.25) is 0 Å². The molecule has 0 saturated carbocycles. The highest BCUT2D eigenvalue weighted by molar-refractivity contribution is 9.10. The molecule has 20 heavy (non-hydrogen) atoms. The molecule has 0 unspecified atom stereocenters. The maximum Gasteiger partial charge on any atom is 0.122 e. The second kappa shape index (κ2) is 7.81. The molecule has 1 heterocycles. The number of halogens is 1. The highest BCUT2D eigenvalue weighted by atomic mass is 79.9. The Labute approximate surface area is 133 Å². The molecule has 0 bridgehead atoms. The van der Waals surface area contributed by atoms with Crippen molar-refractivity contribution in [2.24, 2.45) is 0 Å². The van der Waals surface area contributed by atoms with Gasteiger partial charge in [0.15, 0.2) is 0 Å². The Hall–Kier alpha value is -0.840. The van der Waals surface area contributed by atoms with Crippen molar-refractivity contribution in [2.45, 2.75) is 26.3 Å². The first-order valence-electron chi connectivity index (χ1n) is 6.82. The molecule has 0 aliphatic rings. The lowest BCUT2D eigenvalue weighted by molar-refractivity contribution is 0.309. The molecular weight excluding hydrogens is 334 g/mol. The molecule has 0 atom stereocenters. The summed E-state index contributed by atoms with van der Waals surface area (Å²) in [5, 5.41) is 5.50. The Morgan fingerprint density at radius 3 is 2.85 bits per heavy atom. The fourth-order valence-electron chi connectivity index (χ4n) is 1.96. The Balaban J connectivity index is 1.79. The molecule has 0 amide bonds. The Morgan fingerprint density at radius 1 is 1.30 bits per heavy atom. The third-order valence-corrected chi connectivity index (χ3v) is 4.38. The van der Waals surface area contributed by atoms with Crippen LogP contribution in [0, 0.1) is 0 Å². The van der Waals surface area contributed by atoms with Gasteiger partial charge in [0.25, 0.3) is 0 Å². The van der Waals surface area contributed by atoms with Gasteiger partial charge in [0.05, 0.1) is 0 Å². The molecule has 108 valence electrons. The first kappa shape index (κ1) is 15.5. The van der Waals surface area contributed by atoms with Gasteiger partial charge in [-0.05, 0) is 41.1 Å². The molecule has 1 aromatic carbocycles. The van der Waals surface area contributed by atoms with Crippen LogP contribution in [0.15, 0.2) is 40.2 Å². The number of ether oxygens (including phenoxy) is 1. The van der Waals surface area contributed by atoms with Crippen molar-refractivity contribution in [3.05, 3.63) is 50.6 Å². The SMILES string of the molecule is CC(C)c1cc(Br)ccc1OCCNCc1cccs1. The van der Waals surface area contributed by atoms with E-state index in [1.807, 2.05) is 12.1 Å². The summed E-state index contributed by atoms with van der Waals surface area (Å²) >= 11 is 5.29. The van der Waals surface area contributed by atoms with Crippen molar-refractivity contribution < 1.29 is 4.74 Å². The normalized spacial score (nSPS) is 11.0. The summed E-state index contributed by atoms with van der Waals surface area (Å²) in [5.74, 6) is 1.45. The van der Waals surface area contributed by atoms with Gasteiger partial charge >= 0.3 is 0 Å². The summed E-state index contributed by atoms with van der Waals surface area (Å²) in [4.78, 5) is 1.36. The zero-order valence-corrected chi connectivity index (χ0v) is 14.3. The van der Waals surface area contributed by atoms with E-state index < -0.39 is 0 Å². The van der Waals surface area contributed by atoms with E-state index in [9.17, 15) is 0 Å². The van der Waals surface area contributed by atoms with Crippen LogP contribution in [0.3, 0.4) is 0 Å². The number of thiophene rings is 1. The molecule has 0 radical (unpaired) electrons. The van der Waals surface area contributed by atoms with Crippen LogP contribution in [-0.2, 0) is 6.54 Å². The summed E-state index contributed by atoms with van der Waals surface area (Å²) in [7, 11) is 0. The molecule has 0 aliphatic heterocycles. The van der Waals surface area contributed by atoms with E-state index in [0.717, 1.165) is 23.3 Å². The van der Waals surface area contributed by atoms with E-state index in [-0.39, 0.29) is 0 Å². The van der Waals surface area contributed by atoms with E-state index in [0.29, 0.717) is 12.5 Å². The van der Waals surface area contributed by atoms with E-state index in [2.05, 4.69) is 58.7 Å². The smallest absolute Gasteiger partial charge is 0.122 e. The van der Waals surface area contributed by atoms with Crippen LogP contribution in [0.5, 0.6) is 5.75 Å². The number of nitrogens with one attached hydrogen (secondary N) is 1.